The van der Waals surface area contributed by atoms with Crippen LogP contribution in [0.4, 0.5) is 0 Å². The predicted molar refractivity (Wildman–Crippen MR) is 209 cm³/mol. The third-order valence-electron chi connectivity index (χ3n) is 9.89. The van der Waals surface area contributed by atoms with Crippen molar-refractivity contribution in [2.75, 3.05) is 0 Å². The van der Waals surface area contributed by atoms with Gasteiger partial charge in [0.1, 0.15) is 0 Å². The van der Waals surface area contributed by atoms with Gasteiger partial charge < -0.3 is 0 Å². The molecule has 10 rings (SSSR count). The summed E-state index contributed by atoms with van der Waals surface area (Å²) in [4.78, 5) is 15.1. The lowest BCUT2D eigenvalue weighted by Crippen LogP contribution is -2.00. The summed E-state index contributed by atoms with van der Waals surface area (Å²) in [5.74, 6) is 1.96. The molecule has 0 aliphatic heterocycles. The number of benzene rings is 9. The minimum Gasteiger partial charge on any atom is -0.208 e. The van der Waals surface area contributed by atoms with Crippen LogP contribution in [0, 0.1) is 0 Å². The minimum atomic E-state index is 0.647. The van der Waals surface area contributed by atoms with Gasteiger partial charge in [0.15, 0.2) is 17.5 Å². The summed E-state index contributed by atoms with van der Waals surface area (Å²) in [5, 5.41) is 12.3. The predicted octanol–water partition coefficient (Wildman–Crippen LogP) is 12.3. The van der Waals surface area contributed by atoms with Crippen LogP contribution in [0.25, 0.3) is 99.2 Å². The van der Waals surface area contributed by atoms with Crippen LogP contribution in [-0.2, 0) is 0 Å². The average Bonchev–Trinajstić information content (AvgIpc) is 3.20. The van der Waals surface area contributed by atoms with Crippen molar-refractivity contribution in [2.24, 2.45) is 0 Å². The Kier molecular flexibility index (Phi) is 6.49. The molecule has 0 aliphatic rings. The number of hydrogen-bond acceptors (Lipinski definition) is 3. The van der Waals surface area contributed by atoms with Crippen molar-refractivity contribution < 1.29 is 0 Å². The Morgan fingerprint density at radius 2 is 0.660 bits per heavy atom. The molecule has 0 saturated heterocycles. The fourth-order valence-corrected chi connectivity index (χ4v) is 7.33. The Morgan fingerprint density at radius 1 is 0.240 bits per heavy atom. The zero-order valence-electron chi connectivity index (χ0n) is 27.1. The molecule has 0 aliphatic carbocycles. The van der Waals surface area contributed by atoms with Gasteiger partial charge in [-0.25, -0.2) is 15.0 Å². The van der Waals surface area contributed by atoms with Crippen molar-refractivity contribution in [3.05, 3.63) is 176 Å². The summed E-state index contributed by atoms with van der Waals surface area (Å²) >= 11 is 0. The van der Waals surface area contributed by atoms with Crippen LogP contribution in [0.15, 0.2) is 176 Å². The smallest absolute Gasteiger partial charge is 0.164 e. The molecule has 0 unspecified atom stereocenters. The van der Waals surface area contributed by atoms with Crippen molar-refractivity contribution in [3.8, 4) is 45.3 Å². The lowest BCUT2D eigenvalue weighted by atomic mass is 9.92. The molecule has 0 N–H and O–H groups in total. The van der Waals surface area contributed by atoms with E-state index in [1.54, 1.807) is 0 Å². The second-order valence-corrected chi connectivity index (χ2v) is 12.9. The van der Waals surface area contributed by atoms with E-state index >= 15 is 0 Å². The molecule has 0 spiro atoms. The average molecular weight is 636 g/mol. The highest BCUT2D eigenvalue weighted by molar-refractivity contribution is 6.19. The summed E-state index contributed by atoms with van der Waals surface area (Å²) < 4.78 is 0. The molecule has 50 heavy (non-hydrogen) atoms. The van der Waals surface area contributed by atoms with E-state index < -0.39 is 0 Å². The standard InChI is InChI=1S/C47H29N3/c1-3-11-35-28-37(22-16-30(35)8-1)46-48-45(49-47(50-46)38-23-17-31-9-2-4-12-36(31)29-38)34-20-18-33(19-21-34)40-14-7-15-41-42(40)26-27-43-39-13-6-5-10-32(39)24-25-44(41)43/h1-29H. The highest BCUT2D eigenvalue weighted by Crippen LogP contribution is 2.37. The number of fused-ring (bicyclic) bond motifs is 7. The second-order valence-electron chi connectivity index (χ2n) is 12.9. The van der Waals surface area contributed by atoms with Crippen molar-refractivity contribution in [1.29, 1.82) is 0 Å². The molecule has 0 atom stereocenters. The molecule has 0 amide bonds. The van der Waals surface area contributed by atoms with Gasteiger partial charge in [0.2, 0.25) is 0 Å². The van der Waals surface area contributed by atoms with Gasteiger partial charge in [0, 0.05) is 16.7 Å². The number of rotatable bonds is 4. The lowest BCUT2D eigenvalue weighted by molar-refractivity contribution is 1.08. The highest BCUT2D eigenvalue weighted by atomic mass is 15.0. The first kappa shape index (κ1) is 28.3. The summed E-state index contributed by atoms with van der Waals surface area (Å²) in [6.07, 6.45) is 0. The number of hydrogen-bond donors (Lipinski definition) is 0. The Balaban J connectivity index is 1.09. The zero-order valence-corrected chi connectivity index (χ0v) is 27.1. The molecule has 1 heterocycles. The van der Waals surface area contributed by atoms with E-state index in [-0.39, 0.29) is 0 Å². The van der Waals surface area contributed by atoms with Crippen LogP contribution in [0.2, 0.25) is 0 Å². The normalized spacial score (nSPS) is 11.6. The summed E-state index contributed by atoms with van der Waals surface area (Å²) in [7, 11) is 0. The van der Waals surface area contributed by atoms with Crippen LogP contribution in [0.1, 0.15) is 0 Å². The third kappa shape index (κ3) is 4.79. The maximum Gasteiger partial charge on any atom is 0.164 e. The van der Waals surface area contributed by atoms with Gasteiger partial charge in [0.25, 0.3) is 0 Å². The summed E-state index contributed by atoms with van der Waals surface area (Å²) in [6, 6.07) is 62.4. The van der Waals surface area contributed by atoms with Crippen molar-refractivity contribution in [3.63, 3.8) is 0 Å². The van der Waals surface area contributed by atoms with Crippen LogP contribution in [-0.4, -0.2) is 15.0 Å². The van der Waals surface area contributed by atoms with Crippen molar-refractivity contribution >= 4 is 53.9 Å². The Bertz CT molecular complexity index is 2830. The van der Waals surface area contributed by atoms with E-state index in [4.69, 9.17) is 15.0 Å². The first-order chi connectivity index (χ1) is 24.7. The molecule has 232 valence electrons. The van der Waals surface area contributed by atoms with Crippen molar-refractivity contribution in [1.82, 2.24) is 15.0 Å². The van der Waals surface area contributed by atoms with Gasteiger partial charge in [-0.05, 0) is 77.1 Å². The zero-order chi connectivity index (χ0) is 33.0. The molecule has 0 saturated carbocycles. The SMILES string of the molecule is c1ccc2cc(-c3nc(-c4ccc(-c5cccc6c5ccc5c7ccccc7ccc65)cc4)nc(-c4ccc5ccccc5c4)n3)ccc2c1. The maximum absolute atomic E-state index is 5.06. The van der Waals surface area contributed by atoms with Gasteiger partial charge >= 0.3 is 0 Å². The lowest BCUT2D eigenvalue weighted by Gasteiger charge is -2.12. The molecule has 1 aromatic heterocycles. The molecule has 3 heteroatoms. The minimum absolute atomic E-state index is 0.647. The van der Waals surface area contributed by atoms with Gasteiger partial charge in [0.05, 0.1) is 0 Å². The first-order valence-electron chi connectivity index (χ1n) is 16.9. The summed E-state index contributed by atoms with van der Waals surface area (Å²) in [6.45, 7) is 0. The van der Waals surface area contributed by atoms with Crippen molar-refractivity contribution in [2.45, 2.75) is 0 Å². The quantitative estimate of drug-likeness (QED) is 0.181. The van der Waals surface area contributed by atoms with Gasteiger partial charge in [-0.15, -0.1) is 0 Å². The van der Waals surface area contributed by atoms with Crippen LogP contribution in [0.5, 0.6) is 0 Å². The largest absolute Gasteiger partial charge is 0.208 e. The van der Waals surface area contributed by atoms with E-state index in [9.17, 15) is 0 Å². The highest BCUT2D eigenvalue weighted by Gasteiger charge is 2.15. The first-order valence-corrected chi connectivity index (χ1v) is 16.9. The number of nitrogens with zero attached hydrogens (tertiary/aromatic N) is 3. The maximum atomic E-state index is 5.06. The van der Waals surface area contributed by atoms with E-state index in [0.29, 0.717) is 17.5 Å². The Morgan fingerprint density at radius 3 is 1.32 bits per heavy atom. The second kappa shape index (κ2) is 11.5. The van der Waals surface area contributed by atoms with E-state index in [2.05, 4.69) is 176 Å². The fraction of sp³-hybridized carbons (Fsp3) is 0. The van der Waals surface area contributed by atoms with Crippen LogP contribution >= 0.6 is 0 Å². The molecule has 0 fully saturated rings. The molecule has 10 aromatic rings. The fourth-order valence-electron chi connectivity index (χ4n) is 7.33. The molecular weight excluding hydrogens is 607 g/mol. The van der Waals surface area contributed by atoms with Crippen LogP contribution < -0.4 is 0 Å². The van der Waals surface area contributed by atoms with Gasteiger partial charge in [-0.3, -0.25) is 0 Å². The number of aromatic nitrogens is 3. The van der Waals surface area contributed by atoms with E-state index in [1.165, 1.54) is 48.7 Å². The third-order valence-corrected chi connectivity index (χ3v) is 9.89. The van der Waals surface area contributed by atoms with E-state index in [1.807, 2.05) is 0 Å². The topological polar surface area (TPSA) is 38.7 Å². The Labute approximate surface area is 289 Å². The molecule has 0 bridgehead atoms. The summed E-state index contributed by atoms with van der Waals surface area (Å²) in [5.41, 5.74) is 5.22. The Hall–Kier alpha value is -6.71. The monoisotopic (exact) mass is 635 g/mol. The van der Waals surface area contributed by atoms with Gasteiger partial charge in [-0.2, -0.15) is 0 Å². The van der Waals surface area contributed by atoms with Crippen LogP contribution in [0.3, 0.4) is 0 Å². The molecule has 3 nitrogen and oxygen atoms in total. The molecule has 0 radical (unpaired) electrons. The molecule has 9 aromatic carbocycles. The van der Waals surface area contributed by atoms with Gasteiger partial charge in [-0.1, -0.05) is 164 Å². The van der Waals surface area contributed by atoms with E-state index in [0.717, 1.165) is 33.0 Å². The molecular formula is C47H29N3.